The fourth-order valence-electron chi connectivity index (χ4n) is 2.65. The molecule has 0 bridgehead atoms. The van der Waals surface area contributed by atoms with Crippen molar-refractivity contribution < 1.29 is 19.4 Å². The van der Waals surface area contributed by atoms with Gasteiger partial charge in [0.05, 0.1) is 13.2 Å². The number of carboxylic acids is 1. The summed E-state index contributed by atoms with van der Waals surface area (Å²) in [4.78, 5) is 25.0. The molecule has 23 heavy (non-hydrogen) atoms. The molecule has 0 radical (unpaired) electrons. The van der Waals surface area contributed by atoms with E-state index < -0.39 is 12.0 Å². The number of hydrogen-bond donors (Lipinski definition) is 2. The second-order valence-corrected chi connectivity index (χ2v) is 5.33. The summed E-state index contributed by atoms with van der Waals surface area (Å²) in [7, 11) is 0. The number of benzene rings is 1. The van der Waals surface area contributed by atoms with E-state index in [1.165, 1.54) is 0 Å². The molecule has 1 atom stereocenters. The first-order valence-corrected chi connectivity index (χ1v) is 7.59. The van der Waals surface area contributed by atoms with E-state index in [0.29, 0.717) is 25.3 Å². The van der Waals surface area contributed by atoms with Crippen molar-refractivity contribution in [2.24, 2.45) is 0 Å². The third kappa shape index (κ3) is 5.73. The van der Waals surface area contributed by atoms with E-state index in [4.69, 9.17) is 4.74 Å². The molecule has 0 aromatic heterocycles. The highest BCUT2D eigenvalue weighted by Gasteiger charge is 2.29. The number of nitrogens with zero attached hydrogens (tertiary/aromatic N) is 1. The number of rotatable bonds is 6. The van der Waals surface area contributed by atoms with Crippen LogP contribution >= 0.6 is 12.4 Å². The van der Waals surface area contributed by atoms with Crippen LogP contribution in [0.15, 0.2) is 24.3 Å². The number of carboxylic acid groups (broad SMARTS) is 1. The predicted molar refractivity (Wildman–Crippen MR) is 90.3 cm³/mol. The molecule has 128 valence electrons. The zero-order valence-electron chi connectivity index (χ0n) is 13.2. The van der Waals surface area contributed by atoms with Gasteiger partial charge in [-0.05, 0) is 50.6 Å². The van der Waals surface area contributed by atoms with Gasteiger partial charge >= 0.3 is 5.97 Å². The average molecular weight is 343 g/mol. The molecule has 6 nitrogen and oxygen atoms in total. The first-order valence-electron chi connectivity index (χ1n) is 7.59. The van der Waals surface area contributed by atoms with Gasteiger partial charge in [0.1, 0.15) is 11.8 Å². The highest BCUT2D eigenvalue weighted by molar-refractivity contribution is 5.92. The molecular formula is C16H23ClN2O4. The minimum Gasteiger partial charge on any atom is -0.494 e. The van der Waals surface area contributed by atoms with E-state index in [9.17, 15) is 14.7 Å². The number of halogens is 1. The van der Waals surface area contributed by atoms with Crippen LogP contribution in [-0.4, -0.2) is 47.6 Å². The van der Waals surface area contributed by atoms with Crippen LogP contribution in [0.5, 0.6) is 5.75 Å². The van der Waals surface area contributed by atoms with E-state index in [1.807, 2.05) is 6.92 Å². The summed E-state index contributed by atoms with van der Waals surface area (Å²) in [5.41, 5.74) is 0.678. The molecule has 0 aliphatic carbocycles. The van der Waals surface area contributed by atoms with Gasteiger partial charge in [0.15, 0.2) is 0 Å². The molecule has 1 aromatic carbocycles. The highest BCUT2D eigenvalue weighted by Crippen LogP contribution is 2.18. The molecule has 7 heteroatoms. The van der Waals surface area contributed by atoms with Crippen LogP contribution in [-0.2, 0) is 9.59 Å². The molecule has 1 amide bonds. The second-order valence-electron chi connectivity index (χ2n) is 5.33. The Morgan fingerprint density at radius 1 is 1.30 bits per heavy atom. The molecular weight excluding hydrogens is 320 g/mol. The standard InChI is InChI=1S/C16H22N2O4.ClH/c1-2-22-13-8-6-12(7-9-13)17-15(19)11-18-10-4-3-5-14(18)16(20)21;/h6-9,14H,2-5,10-11H2,1H3,(H,17,19)(H,20,21);1H. The largest absolute Gasteiger partial charge is 0.494 e. The molecule has 1 heterocycles. The minimum atomic E-state index is -0.853. The second kappa shape index (κ2) is 9.37. The Bertz CT molecular complexity index is 521. The van der Waals surface area contributed by atoms with Gasteiger partial charge in [-0.15, -0.1) is 12.4 Å². The fraction of sp³-hybridized carbons (Fsp3) is 0.500. The number of carbonyl (C=O) groups excluding carboxylic acids is 1. The van der Waals surface area contributed by atoms with Crippen LogP contribution in [0.25, 0.3) is 0 Å². The maximum atomic E-state index is 12.1. The summed E-state index contributed by atoms with van der Waals surface area (Å²) in [5, 5.41) is 12.0. The van der Waals surface area contributed by atoms with Crippen LogP contribution < -0.4 is 10.1 Å². The number of anilines is 1. The fourth-order valence-corrected chi connectivity index (χ4v) is 2.65. The molecule has 0 saturated carbocycles. The number of aliphatic carboxylic acids is 1. The van der Waals surface area contributed by atoms with Crippen molar-refractivity contribution >= 4 is 30.0 Å². The number of amides is 1. The van der Waals surface area contributed by atoms with Crippen molar-refractivity contribution in [3.8, 4) is 5.75 Å². The Morgan fingerprint density at radius 3 is 2.61 bits per heavy atom. The first kappa shape index (κ1) is 19.3. The van der Waals surface area contributed by atoms with Gasteiger partial charge in [-0.2, -0.15) is 0 Å². The molecule has 2 rings (SSSR count). The molecule has 1 aliphatic rings. The Hall–Kier alpha value is -1.79. The first-order chi connectivity index (χ1) is 10.6. The number of hydrogen-bond acceptors (Lipinski definition) is 4. The number of likely N-dealkylation sites (tertiary alicyclic amines) is 1. The number of piperidine rings is 1. The van der Waals surface area contributed by atoms with Crippen molar-refractivity contribution in [3.05, 3.63) is 24.3 Å². The zero-order valence-corrected chi connectivity index (χ0v) is 14.0. The molecule has 1 unspecified atom stereocenters. The van der Waals surface area contributed by atoms with Gasteiger partial charge < -0.3 is 15.2 Å². The third-order valence-corrected chi connectivity index (χ3v) is 3.69. The van der Waals surface area contributed by atoms with Gasteiger partial charge in [-0.1, -0.05) is 6.42 Å². The maximum Gasteiger partial charge on any atom is 0.320 e. The van der Waals surface area contributed by atoms with E-state index in [1.54, 1.807) is 29.2 Å². The van der Waals surface area contributed by atoms with E-state index in [2.05, 4.69) is 5.32 Å². The van der Waals surface area contributed by atoms with E-state index >= 15 is 0 Å². The summed E-state index contributed by atoms with van der Waals surface area (Å²) in [6, 6.07) is 6.57. The van der Waals surface area contributed by atoms with Crippen LogP contribution in [0.4, 0.5) is 5.69 Å². The van der Waals surface area contributed by atoms with Crippen molar-refractivity contribution in [2.45, 2.75) is 32.2 Å². The van der Waals surface area contributed by atoms with Crippen molar-refractivity contribution in [2.75, 3.05) is 25.0 Å². The summed E-state index contributed by atoms with van der Waals surface area (Å²) in [6.07, 6.45) is 2.43. The smallest absolute Gasteiger partial charge is 0.320 e. The van der Waals surface area contributed by atoms with Gasteiger partial charge in [-0.3, -0.25) is 14.5 Å². The van der Waals surface area contributed by atoms with Gasteiger partial charge in [0, 0.05) is 5.69 Å². The normalized spacial score (nSPS) is 17.9. The van der Waals surface area contributed by atoms with Gasteiger partial charge in [0.25, 0.3) is 0 Å². The quantitative estimate of drug-likeness (QED) is 0.829. The van der Waals surface area contributed by atoms with E-state index in [0.717, 1.165) is 18.6 Å². The predicted octanol–water partition coefficient (Wildman–Crippen LogP) is 2.38. The Kier molecular flexibility index (Phi) is 7.85. The van der Waals surface area contributed by atoms with Crippen LogP contribution in [0.2, 0.25) is 0 Å². The molecule has 1 saturated heterocycles. The lowest BCUT2D eigenvalue weighted by Crippen LogP contribution is -2.47. The molecule has 1 aromatic rings. The summed E-state index contributed by atoms with van der Waals surface area (Å²) in [6.45, 7) is 3.25. The minimum absolute atomic E-state index is 0. The summed E-state index contributed by atoms with van der Waals surface area (Å²) >= 11 is 0. The van der Waals surface area contributed by atoms with Crippen molar-refractivity contribution in [3.63, 3.8) is 0 Å². The summed E-state index contributed by atoms with van der Waals surface area (Å²) < 4.78 is 5.34. The lowest BCUT2D eigenvalue weighted by Gasteiger charge is -2.32. The zero-order chi connectivity index (χ0) is 15.9. The van der Waals surface area contributed by atoms with Gasteiger partial charge in [-0.25, -0.2) is 0 Å². The lowest BCUT2D eigenvalue weighted by molar-refractivity contribution is -0.145. The summed E-state index contributed by atoms with van der Waals surface area (Å²) in [5.74, 6) is -0.298. The third-order valence-electron chi connectivity index (χ3n) is 3.69. The van der Waals surface area contributed by atoms with Crippen molar-refractivity contribution in [1.82, 2.24) is 4.90 Å². The monoisotopic (exact) mass is 342 g/mol. The maximum absolute atomic E-state index is 12.1. The van der Waals surface area contributed by atoms with Crippen LogP contribution in [0.3, 0.4) is 0 Å². The average Bonchev–Trinajstić information content (AvgIpc) is 2.50. The molecule has 1 aliphatic heterocycles. The van der Waals surface area contributed by atoms with Crippen molar-refractivity contribution in [1.29, 1.82) is 0 Å². The number of carbonyl (C=O) groups is 2. The molecule has 2 N–H and O–H groups in total. The van der Waals surface area contributed by atoms with Crippen LogP contribution in [0, 0.1) is 0 Å². The number of ether oxygens (including phenoxy) is 1. The van der Waals surface area contributed by atoms with Crippen LogP contribution in [0.1, 0.15) is 26.2 Å². The molecule has 0 spiro atoms. The van der Waals surface area contributed by atoms with E-state index in [-0.39, 0.29) is 24.9 Å². The Morgan fingerprint density at radius 2 is 2.00 bits per heavy atom. The highest BCUT2D eigenvalue weighted by atomic mass is 35.5. The Balaban J connectivity index is 0.00000264. The molecule has 1 fully saturated rings. The SMILES string of the molecule is CCOc1ccc(NC(=O)CN2CCCCC2C(=O)O)cc1.Cl. The number of nitrogens with one attached hydrogen (secondary N) is 1. The Labute approximate surface area is 142 Å². The lowest BCUT2D eigenvalue weighted by atomic mass is 10.0. The topological polar surface area (TPSA) is 78.9 Å². The van der Waals surface area contributed by atoms with Gasteiger partial charge in [0.2, 0.25) is 5.91 Å².